The smallest absolute Gasteiger partial charge is 0.248 e. The Labute approximate surface area is 145 Å². The van der Waals surface area contributed by atoms with Crippen molar-refractivity contribution in [2.45, 2.75) is 51.4 Å². The molecule has 0 aliphatic heterocycles. The summed E-state index contributed by atoms with van der Waals surface area (Å²) in [6.45, 7) is 0. The molecule has 2 heteroatoms. The minimum Gasteiger partial charge on any atom is -0.366 e. The number of hydrogen-bond donors (Lipinski definition) is 1. The monoisotopic (exact) mass is 321 g/mol. The summed E-state index contributed by atoms with van der Waals surface area (Å²) in [5, 5.41) is 0. The fourth-order valence-corrected chi connectivity index (χ4v) is 3.74. The van der Waals surface area contributed by atoms with Crippen LogP contribution in [0.25, 0.3) is 11.1 Å². The van der Waals surface area contributed by atoms with Gasteiger partial charge < -0.3 is 5.73 Å². The summed E-state index contributed by atoms with van der Waals surface area (Å²) >= 11 is 0. The van der Waals surface area contributed by atoms with Crippen molar-refractivity contribution in [1.29, 1.82) is 0 Å². The van der Waals surface area contributed by atoms with Crippen molar-refractivity contribution in [2.24, 2.45) is 11.7 Å². The van der Waals surface area contributed by atoms with Gasteiger partial charge in [0.15, 0.2) is 0 Å². The van der Waals surface area contributed by atoms with Gasteiger partial charge >= 0.3 is 0 Å². The molecule has 1 aliphatic carbocycles. The lowest BCUT2D eigenvalue weighted by Gasteiger charge is -2.13. The van der Waals surface area contributed by atoms with Crippen LogP contribution in [-0.2, 0) is 6.42 Å². The maximum atomic E-state index is 11.3. The van der Waals surface area contributed by atoms with Crippen LogP contribution in [0.15, 0.2) is 48.5 Å². The summed E-state index contributed by atoms with van der Waals surface area (Å²) in [6.07, 6.45) is 11.0. The van der Waals surface area contributed by atoms with Gasteiger partial charge in [-0.05, 0) is 47.6 Å². The zero-order valence-corrected chi connectivity index (χ0v) is 14.3. The summed E-state index contributed by atoms with van der Waals surface area (Å²) in [5.41, 5.74) is 9.52. The van der Waals surface area contributed by atoms with Crippen LogP contribution in [0.2, 0.25) is 0 Å². The predicted molar refractivity (Wildman–Crippen MR) is 99.9 cm³/mol. The summed E-state index contributed by atoms with van der Waals surface area (Å²) in [7, 11) is 0. The number of amides is 1. The Morgan fingerprint density at radius 3 is 2.29 bits per heavy atom. The van der Waals surface area contributed by atoms with Crippen LogP contribution in [0.5, 0.6) is 0 Å². The Hall–Kier alpha value is -2.09. The summed E-state index contributed by atoms with van der Waals surface area (Å²) in [6, 6.07) is 16.3. The molecule has 0 bridgehead atoms. The molecule has 1 saturated carbocycles. The molecule has 24 heavy (non-hydrogen) atoms. The van der Waals surface area contributed by atoms with E-state index >= 15 is 0 Å². The Morgan fingerprint density at radius 2 is 1.62 bits per heavy atom. The molecule has 2 aromatic carbocycles. The van der Waals surface area contributed by atoms with Gasteiger partial charge in [-0.3, -0.25) is 4.79 Å². The summed E-state index contributed by atoms with van der Waals surface area (Å²) in [5.74, 6) is 0.538. The first kappa shape index (κ1) is 16.8. The standard InChI is InChI=1S/C22H27NO/c23-22(24)21-9-5-8-20(16-21)19-14-12-18(13-15-19)11-10-17-6-3-1-2-4-7-17/h5,8-9,12-17H,1-4,6-7,10-11H2,(H2,23,24). The highest BCUT2D eigenvalue weighted by molar-refractivity contribution is 5.94. The molecule has 0 unspecified atom stereocenters. The third-order valence-corrected chi connectivity index (χ3v) is 5.25. The highest BCUT2D eigenvalue weighted by Gasteiger charge is 2.12. The van der Waals surface area contributed by atoms with Crippen LogP contribution in [0, 0.1) is 5.92 Å². The molecule has 2 N–H and O–H groups in total. The SMILES string of the molecule is NC(=O)c1cccc(-c2ccc(CCC3CCCCCC3)cc2)c1. The predicted octanol–water partition coefficient (Wildman–Crippen LogP) is 5.36. The lowest BCUT2D eigenvalue weighted by Crippen LogP contribution is -2.10. The number of carbonyl (C=O) groups excluding carboxylic acids is 1. The summed E-state index contributed by atoms with van der Waals surface area (Å²) < 4.78 is 0. The first-order valence-electron chi connectivity index (χ1n) is 9.21. The van der Waals surface area contributed by atoms with Crippen LogP contribution in [0.1, 0.15) is 60.9 Å². The lowest BCUT2D eigenvalue weighted by atomic mass is 9.92. The molecule has 0 spiro atoms. The van der Waals surface area contributed by atoms with E-state index in [1.807, 2.05) is 18.2 Å². The van der Waals surface area contributed by atoms with Crippen molar-refractivity contribution in [3.05, 3.63) is 59.7 Å². The van der Waals surface area contributed by atoms with E-state index in [0.29, 0.717) is 5.56 Å². The second-order valence-corrected chi connectivity index (χ2v) is 7.04. The molecule has 0 radical (unpaired) electrons. The van der Waals surface area contributed by atoms with Gasteiger partial charge in [0.05, 0.1) is 0 Å². The van der Waals surface area contributed by atoms with Crippen molar-refractivity contribution in [3.63, 3.8) is 0 Å². The zero-order valence-electron chi connectivity index (χ0n) is 14.3. The molecule has 2 nitrogen and oxygen atoms in total. The quantitative estimate of drug-likeness (QED) is 0.741. The van der Waals surface area contributed by atoms with Gasteiger partial charge in [-0.1, -0.05) is 74.9 Å². The number of benzene rings is 2. The average molecular weight is 321 g/mol. The second kappa shape index (κ2) is 8.14. The molecule has 0 heterocycles. The summed E-state index contributed by atoms with van der Waals surface area (Å²) in [4.78, 5) is 11.3. The number of carbonyl (C=O) groups is 1. The molecule has 2 aromatic rings. The number of rotatable bonds is 5. The molecular weight excluding hydrogens is 294 g/mol. The Kier molecular flexibility index (Phi) is 5.68. The van der Waals surface area contributed by atoms with E-state index in [2.05, 4.69) is 24.3 Å². The van der Waals surface area contributed by atoms with Gasteiger partial charge in [0.25, 0.3) is 0 Å². The Balaban J connectivity index is 1.62. The number of nitrogens with two attached hydrogens (primary N) is 1. The van der Waals surface area contributed by atoms with Crippen molar-refractivity contribution in [1.82, 2.24) is 0 Å². The molecule has 1 amide bonds. The molecule has 0 aromatic heterocycles. The average Bonchev–Trinajstić information content (AvgIpc) is 2.89. The van der Waals surface area contributed by atoms with Crippen LogP contribution in [0.3, 0.4) is 0 Å². The molecule has 1 fully saturated rings. The Bertz CT molecular complexity index is 667. The van der Waals surface area contributed by atoms with E-state index in [4.69, 9.17) is 5.73 Å². The van der Waals surface area contributed by atoms with E-state index in [1.165, 1.54) is 56.9 Å². The van der Waals surface area contributed by atoms with Gasteiger partial charge in [0.1, 0.15) is 0 Å². The molecule has 126 valence electrons. The molecule has 1 aliphatic rings. The van der Waals surface area contributed by atoms with Gasteiger partial charge in [0.2, 0.25) is 5.91 Å². The van der Waals surface area contributed by atoms with Crippen LogP contribution >= 0.6 is 0 Å². The van der Waals surface area contributed by atoms with Gasteiger partial charge in [-0.15, -0.1) is 0 Å². The third-order valence-electron chi connectivity index (χ3n) is 5.25. The highest BCUT2D eigenvalue weighted by Crippen LogP contribution is 2.27. The fourth-order valence-electron chi connectivity index (χ4n) is 3.74. The number of aryl methyl sites for hydroxylation is 1. The van der Waals surface area contributed by atoms with Crippen molar-refractivity contribution < 1.29 is 4.79 Å². The van der Waals surface area contributed by atoms with Crippen molar-refractivity contribution in [3.8, 4) is 11.1 Å². The van der Waals surface area contributed by atoms with Crippen LogP contribution in [0.4, 0.5) is 0 Å². The van der Waals surface area contributed by atoms with E-state index in [1.54, 1.807) is 6.07 Å². The highest BCUT2D eigenvalue weighted by atomic mass is 16.1. The van der Waals surface area contributed by atoms with Crippen LogP contribution < -0.4 is 5.73 Å². The number of primary amides is 1. The third kappa shape index (κ3) is 4.47. The van der Waals surface area contributed by atoms with Gasteiger partial charge in [0, 0.05) is 5.56 Å². The lowest BCUT2D eigenvalue weighted by molar-refractivity contribution is 0.100. The van der Waals surface area contributed by atoms with E-state index in [-0.39, 0.29) is 5.91 Å². The van der Waals surface area contributed by atoms with E-state index in [9.17, 15) is 4.79 Å². The maximum Gasteiger partial charge on any atom is 0.248 e. The van der Waals surface area contributed by atoms with E-state index < -0.39 is 0 Å². The maximum absolute atomic E-state index is 11.3. The molecule has 3 rings (SSSR count). The largest absolute Gasteiger partial charge is 0.366 e. The number of hydrogen-bond acceptors (Lipinski definition) is 1. The molecular formula is C22H27NO. The first-order chi connectivity index (χ1) is 11.7. The topological polar surface area (TPSA) is 43.1 Å². The van der Waals surface area contributed by atoms with Crippen molar-refractivity contribution in [2.75, 3.05) is 0 Å². The molecule has 0 atom stereocenters. The van der Waals surface area contributed by atoms with Crippen molar-refractivity contribution >= 4 is 5.91 Å². The second-order valence-electron chi connectivity index (χ2n) is 7.04. The minimum absolute atomic E-state index is 0.378. The molecule has 0 saturated heterocycles. The van der Waals surface area contributed by atoms with Gasteiger partial charge in [-0.25, -0.2) is 0 Å². The Morgan fingerprint density at radius 1 is 0.917 bits per heavy atom. The fraction of sp³-hybridized carbons (Fsp3) is 0.409. The zero-order chi connectivity index (χ0) is 16.8. The normalized spacial score (nSPS) is 15.8. The van der Waals surface area contributed by atoms with E-state index in [0.717, 1.165) is 17.0 Å². The first-order valence-corrected chi connectivity index (χ1v) is 9.21. The minimum atomic E-state index is -0.378. The van der Waals surface area contributed by atoms with Crippen LogP contribution in [-0.4, -0.2) is 5.91 Å². The van der Waals surface area contributed by atoms with Gasteiger partial charge in [-0.2, -0.15) is 0 Å².